The molecule has 0 atom stereocenters. The molecule has 11 aromatic rings. The van der Waals surface area contributed by atoms with Crippen LogP contribution in [0.2, 0.25) is 0 Å². The molecule has 0 N–H and O–H groups in total. The van der Waals surface area contributed by atoms with Crippen LogP contribution < -0.4 is 14.5 Å². The minimum absolute atomic E-state index is 0. The summed E-state index contributed by atoms with van der Waals surface area (Å²) in [6.07, 6.45) is -0.0799. The van der Waals surface area contributed by atoms with E-state index >= 15 is 0 Å². The molecule has 8 aromatic carbocycles. The smallest absolute Gasteiger partial charge is 0.229 e. The summed E-state index contributed by atoms with van der Waals surface area (Å²) < 4.78 is 79.4. The second-order valence-corrected chi connectivity index (χ2v) is 24.7. The third kappa shape index (κ3) is 9.87. The van der Waals surface area contributed by atoms with Gasteiger partial charge in [-0.05, 0) is 115 Å². The van der Waals surface area contributed by atoms with E-state index in [-0.39, 0.29) is 49.5 Å². The van der Waals surface area contributed by atoms with Crippen LogP contribution in [0.5, 0.6) is 11.5 Å². The zero-order valence-corrected chi connectivity index (χ0v) is 49.4. The molecular weight excluding hydrogens is 1160 g/mol. The van der Waals surface area contributed by atoms with Crippen LogP contribution in [0.3, 0.4) is 0 Å². The molecule has 8 heteroatoms. The van der Waals surface area contributed by atoms with Gasteiger partial charge in [-0.25, -0.2) is 9.83 Å². The van der Waals surface area contributed by atoms with E-state index in [1.807, 2.05) is 122 Å². The predicted octanol–water partition coefficient (Wildman–Crippen LogP) is 20.2. The number of aromatic nitrogens is 2. The van der Waals surface area contributed by atoms with Crippen LogP contribution in [0.15, 0.2) is 168 Å². The van der Waals surface area contributed by atoms with Gasteiger partial charge < -0.3 is 23.5 Å². The van der Waals surface area contributed by atoms with Crippen LogP contribution in [0, 0.1) is 30.8 Å². The molecule has 0 fully saturated rings. The summed E-state index contributed by atoms with van der Waals surface area (Å²) in [5.41, 5.74) is 10.1. The molecule has 1 aliphatic heterocycles. The van der Waals surface area contributed by atoms with Gasteiger partial charge in [-0.1, -0.05) is 173 Å². The van der Waals surface area contributed by atoms with Gasteiger partial charge in [0.15, 0.2) is 0 Å². The Morgan fingerprint density at radius 1 is 0.637 bits per heavy atom. The molecule has 1 aliphatic rings. The van der Waals surface area contributed by atoms with Gasteiger partial charge in [-0.2, -0.15) is 12.1 Å². The maximum Gasteiger partial charge on any atom is 0.229 e. The number of anilines is 4. The molecule has 0 saturated carbocycles. The van der Waals surface area contributed by atoms with Crippen LogP contribution in [0.4, 0.5) is 28.4 Å². The van der Waals surface area contributed by atoms with Crippen molar-refractivity contribution in [2.45, 2.75) is 106 Å². The van der Waals surface area contributed by atoms with Crippen molar-refractivity contribution < 1.29 is 39.8 Å². The largest absolute Gasteiger partial charge is 0.509 e. The fraction of sp³-hybridized carbons (Fsp3) is 0.236. The standard InChI is InChI=1S/C72H66N5O2.Pt/c1-69(2,3)43-45-33-34-74-64(35-45)77-62-32-31-55-54-25-20-26-59(73-13)67(54)79-68(55)65(62)56-30-29-53(42-63(56)77)78-52-24-19-23-51(41-52)75-44-76(61-28-18-17-27-60(61)75)66-57(46-21-15-14-16-22-46)39-50(72(10,11)12)40-58(66)47-36-48(70(4,5)6)38-49(37-47)71(7,8)9;/h14-40,44H,43H2,1-12H3;/q-3;/i14D,15D,16D,21D,22D,43D2;. The van der Waals surface area contributed by atoms with Crippen molar-refractivity contribution in [3.05, 3.63) is 216 Å². The Labute approximate surface area is 495 Å². The van der Waals surface area contributed by atoms with Crippen molar-refractivity contribution in [2.75, 3.05) is 9.80 Å². The molecule has 80 heavy (non-hydrogen) atoms. The third-order valence-electron chi connectivity index (χ3n) is 14.7. The summed E-state index contributed by atoms with van der Waals surface area (Å²) in [4.78, 5) is 12.7. The zero-order chi connectivity index (χ0) is 61.5. The van der Waals surface area contributed by atoms with Crippen molar-refractivity contribution in [3.8, 4) is 39.6 Å². The molecule has 7 nitrogen and oxygen atoms in total. The minimum atomic E-state index is -1.71. The summed E-state index contributed by atoms with van der Waals surface area (Å²) in [7, 11) is 0. The molecule has 3 aromatic heterocycles. The second-order valence-electron chi connectivity index (χ2n) is 24.7. The van der Waals surface area contributed by atoms with Gasteiger partial charge in [0.05, 0.1) is 13.4 Å². The van der Waals surface area contributed by atoms with E-state index in [0.717, 1.165) is 66.3 Å². The fourth-order valence-electron chi connectivity index (χ4n) is 10.7. The number of fused-ring (bicyclic) bond motifs is 8. The van der Waals surface area contributed by atoms with Gasteiger partial charge in [-0.3, -0.25) is 0 Å². The Bertz CT molecular complexity index is 4600. The molecule has 404 valence electrons. The number of benzene rings is 8. The number of para-hydroxylation sites is 3. The molecular formula is C72H66N5O2Pt-3. The Hall–Kier alpha value is -7.91. The minimum Gasteiger partial charge on any atom is -0.509 e. The topological polar surface area (TPSA) is 51.0 Å². The first kappa shape index (κ1) is 45.9. The normalized spacial score (nSPS) is 14.5. The molecule has 0 radical (unpaired) electrons. The summed E-state index contributed by atoms with van der Waals surface area (Å²) in [5, 5.41) is 3.23. The summed E-state index contributed by atoms with van der Waals surface area (Å²) in [6.45, 7) is 35.2. The zero-order valence-electron chi connectivity index (χ0n) is 54.1. The van der Waals surface area contributed by atoms with E-state index in [0.29, 0.717) is 62.2 Å². The first-order chi connectivity index (χ1) is 40.5. The van der Waals surface area contributed by atoms with Gasteiger partial charge in [0.2, 0.25) is 5.69 Å². The summed E-state index contributed by atoms with van der Waals surface area (Å²) in [6, 6.07) is 46.8. The van der Waals surface area contributed by atoms with Crippen molar-refractivity contribution >= 4 is 72.2 Å². The third-order valence-corrected chi connectivity index (χ3v) is 14.7. The predicted molar refractivity (Wildman–Crippen MR) is 328 cm³/mol. The number of nitrogens with zero attached hydrogens (tertiary/aromatic N) is 5. The average Bonchev–Trinajstić information content (AvgIpc) is 1.68. The Morgan fingerprint density at radius 2 is 1.26 bits per heavy atom. The number of pyridine rings is 1. The Balaban J connectivity index is 0.00000784. The van der Waals surface area contributed by atoms with Gasteiger partial charge in [0, 0.05) is 86.0 Å². The Kier molecular flexibility index (Phi) is 11.5. The van der Waals surface area contributed by atoms with Gasteiger partial charge in [-0.15, -0.1) is 42.7 Å². The molecule has 0 saturated heterocycles. The first-order valence-corrected chi connectivity index (χ1v) is 26.8. The molecule has 4 heterocycles. The molecule has 0 amide bonds. The van der Waals surface area contributed by atoms with Crippen LogP contribution in [-0.2, 0) is 43.7 Å². The molecule has 12 rings (SSSR count). The Morgan fingerprint density at radius 3 is 1.94 bits per heavy atom. The second kappa shape index (κ2) is 20.0. The van der Waals surface area contributed by atoms with Crippen molar-refractivity contribution in [1.82, 2.24) is 9.55 Å². The maximum atomic E-state index is 9.49. The van der Waals surface area contributed by atoms with Crippen molar-refractivity contribution in [1.29, 1.82) is 0 Å². The summed E-state index contributed by atoms with van der Waals surface area (Å²) in [5.74, 6) is 1.24. The van der Waals surface area contributed by atoms with E-state index in [1.165, 1.54) is 0 Å². The molecule has 0 spiro atoms. The van der Waals surface area contributed by atoms with Crippen molar-refractivity contribution in [2.24, 2.45) is 5.41 Å². The monoisotopic (exact) mass is 1230 g/mol. The van der Waals surface area contributed by atoms with Crippen molar-refractivity contribution in [3.63, 3.8) is 0 Å². The van der Waals surface area contributed by atoms with E-state index in [2.05, 4.69) is 108 Å². The van der Waals surface area contributed by atoms with E-state index in [1.54, 1.807) is 24.4 Å². The number of hydrogen-bond donors (Lipinski definition) is 0. The number of rotatable bonds is 8. The van der Waals surface area contributed by atoms with E-state index < -0.39 is 35.3 Å². The number of hydrogen-bond acceptors (Lipinski definition) is 5. The average molecular weight is 1240 g/mol. The maximum absolute atomic E-state index is 9.49. The first-order valence-electron chi connectivity index (χ1n) is 30.3. The van der Waals surface area contributed by atoms with E-state index in [9.17, 15) is 5.48 Å². The quantitative estimate of drug-likeness (QED) is 0.142. The van der Waals surface area contributed by atoms with Gasteiger partial charge in [0.25, 0.3) is 0 Å². The molecule has 0 unspecified atom stereocenters. The van der Waals surface area contributed by atoms with Crippen LogP contribution in [-0.4, -0.2) is 9.55 Å². The number of furan rings is 1. The van der Waals surface area contributed by atoms with Crippen LogP contribution >= 0.6 is 0 Å². The fourth-order valence-corrected chi connectivity index (χ4v) is 10.7. The SMILES string of the molecule is [2H]c1c([2H])c([2H])c(-c2cc(C(C)(C)C)cc(-c3cc(C(C)(C)C)cc(C(C)(C)C)c3)c2N2[CH-]N(c3[c-]c(Oc4[c-]c5c(cc4)c4c6oc7c([N+]#[C-])cccc7c6ccc4n5-c4cc(C([2H])([2H])C(C)(C)C)ccn4)ccc3)c3ccccc32)c([2H])c1[2H].[Pt]. The van der Waals surface area contributed by atoms with Crippen LogP contribution in [0.25, 0.3) is 76.7 Å². The summed E-state index contributed by atoms with van der Waals surface area (Å²) >= 11 is 0. The van der Waals surface area contributed by atoms with Gasteiger partial charge in [0.1, 0.15) is 17.0 Å². The molecule has 0 aliphatic carbocycles. The van der Waals surface area contributed by atoms with Crippen LogP contribution in [0.1, 0.15) is 115 Å². The van der Waals surface area contributed by atoms with Gasteiger partial charge >= 0.3 is 0 Å². The van der Waals surface area contributed by atoms with E-state index in [4.69, 9.17) is 24.8 Å². The number of ether oxygens (including phenoxy) is 1. The molecule has 0 bridgehead atoms.